The predicted molar refractivity (Wildman–Crippen MR) is 91.8 cm³/mol. The van der Waals surface area contributed by atoms with Gasteiger partial charge in [-0.1, -0.05) is 19.4 Å². The molecular formula is C18H20F3N3O. The van der Waals surface area contributed by atoms with Crippen molar-refractivity contribution in [2.75, 3.05) is 23.8 Å². The Labute approximate surface area is 144 Å². The van der Waals surface area contributed by atoms with E-state index >= 15 is 0 Å². The lowest BCUT2D eigenvalue weighted by molar-refractivity contribution is -0.137. The number of pyridine rings is 1. The lowest BCUT2D eigenvalue weighted by atomic mass is 10.2. The average molecular weight is 351 g/mol. The summed E-state index contributed by atoms with van der Waals surface area (Å²) in [7, 11) is 1.94. The molecule has 1 aromatic heterocycles. The first-order chi connectivity index (χ1) is 11.8. The van der Waals surface area contributed by atoms with E-state index in [1.165, 1.54) is 12.1 Å². The maximum atomic E-state index is 12.7. The van der Waals surface area contributed by atoms with E-state index in [4.69, 9.17) is 0 Å². The molecule has 7 heteroatoms. The SMILES string of the molecule is CCCCN(C)c1ccc(C(=O)Nc2cccc(C(F)(F)F)c2)nc1. The van der Waals surface area contributed by atoms with Gasteiger partial charge >= 0.3 is 6.18 Å². The zero-order valence-electron chi connectivity index (χ0n) is 14.1. The number of nitrogens with one attached hydrogen (secondary N) is 1. The number of unbranched alkanes of at least 4 members (excludes halogenated alkanes) is 1. The molecule has 0 unspecified atom stereocenters. The van der Waals surface area contributed by atoms with Crippen molar-refractivity contribution >= 4 is 17.3 Å². The Morgan fingerprint density at radius 1 is 1.24 bits per heavy atom. The molecule has 25 heavy (non-hydrogen) atoms. The fourth-order valence-electron chi connectivity index (χ4n) is 2.24. The first kappa shape index (κ1) is 18.8. The largest absolute Gasteiger partial charge is 0.416 e. The van der Waals surface area contributed by atoms with Gasteiger partial charge in [0.2, 0.25) is 0 Å². The van der Waals surface area contributed by atoms with Crippen LogP contribution in [0.4, 0.5) is 24.5 Å². The molecule has 0 spiro atoms. The van der Waals surface area contributed by atoms with E-state index in [9.17, 15) is 18.0 Å². The predicted octanol–water partition coefficient (Wildman–Crippen LogP) is 4.59. The highest BCUT2D eigenvalue weighted by Crippen LogP contribution is 2.30. The Kier molecular flexibility index (Phi) is 6.01. The van der Waals surface area contributed by atoms with E-state index in [-0.39, 0.29) is 11.4 Å². The zero-order chi connectivity index (χ0) is 18.4. The maximum absolute atomic E-state index is 12.7. The first-order valence-electron chi connectivity index (χ1n) is 7.97. The van der Waals surface area contributed by atoms with Crippen molar-refractivity contribution in [3.63, 3.8) is 0 Å². The van der Waals surface area contributed by atoms with Gasteiger partial charge in [-0.2, -0.15) is 13.2 Å². The van der Waals surface area contributed by atoms with Crippen LogP contribution in [0.2, 0.25) is 0 Å². The van der Waals surface area contributed by atoms with Crippen LogP contribution in [0.5, 0.6) is 0 Å². The second kappa shape index (κ2) is 8.00. The van der Waals surface area contributed by atoms with E-state index in [1.807, 2.05) is 11.9 Å². The molecule has 0 saturated heterocycles. The van der Waals surface area contributed by atoms with Gasteiger partial charge in [-0.3, -0.25) is 4.79 Å². The highest BCUT2D eigenvalue weighted by Gasteiger charge is 2.30. The minimum Gasteiger partial charge on any atom is -0.373 e. The Hall–Kier alpha value is -2.57. The number of nitrogens with zero attached hydrogens (tertiary/aromatic N) is 2. The van der Waals surface area contributed by atoms with E-state index in [1.54, 1.807) is 18.3 Å². The molecule has 1 heterocycles. The smallest absolute Gasteiger partial charge is 0.373 e. The van der Waals surface area contributed by atoms with E-state index < -0.39 is 17.6 Å². The number of rotatable bonds is 6. The monoisotopic (exact) mass is 351 g/mol. The van der Waals surface area contributed by atoms with Crippen molar-refractivity contribution < 1.29 is 18.0 Å². The van der Waals surface area contributed by atoms with Gasteiger partial charge in [0.15, 0.2) is 0 Å². The van der Waals surface area contributed by atoms with Crippen molar-refractivity contribution in [1.82, 2.24) is 4.98 Å². The second-order valence-electron chi connectivity index (χ2n) is 5.71. The highest BCUT2D eigenvalue weighted by molar-refractivity contribution is 6.03. The topological polar surface area (TPSA) is 45.2 Å². The summed E-state index contributed by atoms with van der Waals surface area (Å²) in [6.07, 6.45) is -0.746. The Morgan fingerprint density at radius 3 is 2.60 bits per heavy atom. The summed E-state index contributed by atoms with van der Waals surface area (Å²) < 4.78 is 38.1. The summed E-state index contributed by atoms with van der Waals surface area (Å²) in [6.45, 7) is 2.99. The lowest BCUT2D eigenvalue weighted by Crippen LogP contribution is -2.19. The summed E-state index contributed by atoms with van der Waals surface area (Å²) in [5, 5.41) is 2.44. The summed E-state index contributed by atoms with van der Waals surface area (Å²) in [4.78, 5) is 18.3. The number of carbonyl (C=O) groups excluding carboxylic acids is 1. The van der Waals surface area contributed by atoms with Gasteiger partial charge < -0.3 is 10.2 Å². The van der Waals surface area contributed by atoms with E-state index in [0.717, 1.165) is 37.2 Å². The molecule has 0 radical (unpaired) electrons. The number of hydrogen-bond acceptors (Lipinski definition) is 3. The van der Waals surface area contributed by atoms with Crippen LogP contribution in [0.25, 0.3) is 0 Å². The Morgan fingerprint density at radius 2 is 2.00 bits per heavy atom. The number of alkyl halides is 3. The van der Waals surface area contributed by atoms with Crippen molar-refractivity contribution in [2.24, 2.45) is 0 Å². The molecule has 0 atom stereocenters. The van der Waals surface area contributed by atoms with Crippen LogP contribution >= 0.6 is 0 Å². The molecule has 2 rings (SSSR count). The summed E-state index contributed by atoms with van der Waals surface area (Å²) in [5.74, 6) is -0.554. The molecule has 0 aliphatic rings. The molecular weight excluding hydrogens is 331 g/mol. The molecule has 0 aliphatic carbocycles. The third-order valence-corrected chi connectivity index (χ3v) is 3.72. The molecule has 134 valence electrons. The van der Waals surface area contributed by atoms with Gasteiger partial charge in [0.1, 0.15) is 5.69 Å². The fraction of sp³-hybridized carbons (Fsp3) is 0.333. The highest BCUT2D eigenvalue weighted by atomic mass is 19.4. The molecule has 1 amide bonds. The number of benzene rings is 1. The standard InChI is InChI=1S/C18H20F3N3O/c1-3-4-10-24(2)15-8-9-16(22-12-15)17(25)23-14-7-5-6-13(11-14)18(19,20)21/h5-9,11-12H,3-4,10H2,1-2H3,(H,23,25). The number of halogens is 3. The molecule has 0 bridgehead atoms. The molecule has 2 aromatic rings. The summed E-state index contributed by atoms with van der Waals surface area (Å²) in [6, 6.07) is 7.82. The molecule has 1 N–H and O–H groups in total. The fourth-order valence-corrected chi connectivity index (χ4v) is 2.24. The zero-order valence-corrected chi connectivity index (χ0v) is 14.1. The molecule has 0 saturated carbocycles. The van der Waals surface area contributed by atoms with Crippen LogP contribution in [-0.2, 0) is 6.18 Å². The lowest BCUT2D eigenvalue weighted by Gasteiger charge is -2.18. The third kappa shape index (κ3) is 5.20. The van der Waals surface area contributed by atoms with Gasteiger partial charge in [-0.25, -0.2) is 4.98 Å². The number of amides is 1. The van der Waals surface area contributed by atoms with E-state index in [0.29, 0.717) is 0 Å². The molecule has 4 nitrogen and oxygen atoms in total. The minimum absolute atomic E-state index is 0.0748. The summed E-state index contributed by atoms with van der Waals surface area (Å²) >= 11 is 0. The van der Waals surface area contributed by atoms with E-state index in [2.05, 4.69) is 17.2 Å². The normalized spacial score (nSPS) is 11.2. The van der Waals surface area contributed by atoms with Gasteiger partial charge in [-0.15, -0.1) is 0 Å². The van der Waals surface area contributed by atoms with Crippen LogP contribution in [0.15, 0.2) is 42.6 Å². The van der Waals surface area contributed by atoms with Crippen LogP contribution in [0, 0.1) is 0 Å². The van der Waals surface area contributed by atoms with Gasteiger partial charge in [0.25, 0.3) is 5.91 Å². The number of anilines is 2. The molecule has 0 aliphatic heterocycles. The van der Waals surface area contributed by atoms with Crippen molar-refractivity contribution in [3.05, 3.63) is 53.9 Å². The number of hydrogen-bond donors (Lipinski definition) is 1. The Balaban J connectivity index is 2.06. The van der Waals surface area contributed by atoms with Crippen molar-refractivity contribution in [3.8, 4) is 0 Å². The van der Waals surface area contributed by atoms with Crippen molar-refractivity contribution in [2.45, 2.75) is 25.9 Å². The molecule has 1 aromatic carbocycles. The van der Waals surface area contributed by atoms with Gasteiger partial charge in [0, 0.05) is 19.3 Å². The third-order valence-electron chi connectivity index (χ3n) is 3.72. The van der Waals surface area contributed by atoms with Crippen LogP contribution < -0.4 is 10.2 Å². The number of carbonyl (C=O) groups is 1. The molecule has 0 fully saturated rings. The maximum Gasteiger partial charge on any atom is 0.416 e. The van der Waals surface area contributed by atoms with Gasteiger partial charge in [-0.05, 0) is 36.8 Å². The quantitative estimate of drug-likeness (QED) is 0.828. The number of aromatic nitrogens is 1. The van der Waals surface area contributed by atoms with Crippen LogP contribution in [0.1, 0.15) is 35.8 Å². The van der Waals surface area contributed by atoms with Crippen molar-refractivity contribution in [1.29, 1.82) is 0 Å². The second-order valence-corrected chi connectivity index (χ2v) is 5.71. The minimum atomic E-state index is -4.45. The van der Waals surface area contributed by atoms with Gasteiger partial charge in [0.05, 0.1) is 17.4 Å². The summed E-state index contributed by atoms with van der Waals surface area (Å²) in [5.41, 5.74) is 0.283. The van der Waals surface area contributed by atoms with Crippen LogP contribution in [-0.4, -0.2) is 24.5 Å². The Bertz CT molecular complexity index is 714. The average Bonchev–Trinajstić information content (AvgIpc) is 2.59. The van der Waals surface area contributed by atoms with Crippen LogP contribution in [0.3, 0.4) is 0 Å². The first-order valence-corrected chi connectivity index (χ1v) is 7.97.